The van der Waals surface area contributed by atoms with E-state index < -0.39 is 0 Å². The number of hydrogen-bond acceptors (Lipinski definition) is 2. The fraction of sp³-hybridized carbons (Fsp3) is 1.00. The minimum Gasteiger partial charge on any atom is -0.378 e. The Kier molecular flexibility index (Phi) is 10.4. The predicted molar refractivity (Wildman–Crippen MR) is 88.2 cm³/mol. The smallest absolute Gasteiger partial charge is 0.0590 e. The van der Waals surface area contributed by atoms with Crippen molar-refractivity contribution < 1.29 is 4.74 Å². The molecule has 2 heteroatoms. The van der Waals surface area contributed by atoms with Gasteiger partial charge in [0.1, 0.15) is 0 Å². The number of hydrogen-bond donors (Lipinski definition) is 1. The van der Waals surface area contributed by atoms with Crippen molar-refractivity contribution in [3.63, 3.8) is 0 Å². The van der Waals surface area contributed by atoms with Crippen LogP contribution >= 0.6 is 0 Å². The molecule has 0 aliphatic carbocycles. The highest BCUT2D eigenvalue weighted by Crippen LogP contribution is 2.24. The Morgan fingerprint density at radius 3 is 2.60 bits per heavy atom. The van der Waals surface area contributed by atoms with Gasteiger partial charge in [-0.1, -0.05) is 46.5 Å². The first-order valence-electron chi connectivity index (χ1n) is 9.15. The average Bonchev–Trinajstić information content (AvgIpc) is 2.49. The van der Waals surface area contributed by atoms with E-state index in [0.717, 1.165) is 19.1 Å². The quantitative estimate of drug-likeness (QED) is 0.581. The third-order valence-electron chi connectivity index (χ3n) is 4.67. The van der Waals surface area contributed by atoms with Crippen molar-refractivity contribution in [1.82, 2.24) is 5.32 Å². The molecular weight excluding hydrogens is 246 g/mol. The van der Waals surface area contributed by atoms with Crippen molar-refractivity contribution in [2.45, 2.75) is 97.1 Å². The van der Waals surface area contributed by atoms with Crippen LogP contribution in [0.3, 0.4) is 0 Å². The van der Waals surface area contributed by atoms with Crippen LogP contribution in [0.15, 0.2) is 0 Å². The molecule has 1 aliphatic heterocycles. The Balaban J connectivity index is 2.39. The molecule has 0 aromatic heterocycles. The van der Waals surface area contributed by atoms with E-state index in [0.29, 0.717) is 12.1 Å². The molecule has 1 aliphatic rings. The van der Waals surface area contributed by atoms with Crippen molar-refractivity contribution in [3.8, 4) is 0 Å². The van der Waals surface area contributed by atoms with Crippen LogP contribution in [0.4, 0.5) is 0 Å². The summed E-state index contributed by atoms with van der Waals surface area (Å²) in [6.07, 6.45) is 13.7. The van der Waals surface area contributed by atoms with Gasteiger partial charge in [0, 0.05) is 12.6 Å². The van der Waals surface area contributed by atoms with Crippen LogP contribution in [0.1, 0.15) is 85.0 Å². The van der Waals surface area contributed by atoms with Crippen LogP contribution < -0.4 is 5.32 Å². The number of rotatable bonds is 11. The summed E-state index contributed by atoms with van der Waals surface area (Å²) in [5, 5.41) is 3.78. The lowest BCUT2D eigenvalue weighted by Gasteiger charge is -2.30. The van der Waals surface area contributed by atoms with Gasteiger partial charge >= 0.3 is 0 Å². The third kappa shape index (κ3) is 7.64. The second-order valence-electron chi connectivity index (χ2n) is 6.53. The minimum atomic E-state index is 0.516. The molecule has 0 amide bonds. The summed E-state index contributed by atoms with van der Waals surface area (Å²) >= 11 is 0. The fourth-order valence-corrected chi connectivity index (χ4v) is 3.31. The molecule has 0 spiro atoms. The first-order valence-corrected chi connectivity index (χ1v) is 9.15. The predicted octanol–water partition coefficient (Wildman–Crippen LogP) is 4.92. The van der Waals surface area contributed by atoms with Crippen LogP contribution in [-0.4, -0.2) is 25.3 Å². The Bertz CT molecular complexity index is 213. The van der Waals surface area contributed by atoms with Gasteiger partial charge in [-0.15, -0.1) is 0 Å². The molecule has 120 valence electrons. The van der Waals surface area contributed by atoms with Crippen molar-refractivity contribution in [3.05, 3.63) is 0 Å². The highest BCUT2D eigenvalue weighted by atomic mass is 16.5. The van der Waals surface area contributed by atoms with E-state index in [9.17, 15) is 0 Å². The second-order valence-corrected chi connectivity index (χ2v) is 6.53. The zero-order chi connectivity index (χ0) is 14.6. The lowest BCUT2D eigenvalue weighted by atomic mass is 9.89. The minimum absolute atomic E-state index is 0.516. The van der Waals surface area contributed by atoms with Crippen LogP contribution in [0.25, 0.3) is 0 Å². The maximum absolute atomic E-state index is 5.94. The largest absolute Gasteiger partial charge is 0.378 e. The summed E-state index contributed by atoms with van der Waals surface area (Å²) < 4.78 is 5.94. The molecule has 2 nitrogen and oxygen atoms in total. The molecule has 0 aromatic rings. The molecule has 20 heavy (non-hydrogen) atoms. The van der Waals surface area contributed by atoms with Crippen LogP contribution in [0.2, 0.25) is 0 Å². The molecule has 1 N–H and O–H groups in total. The van der Waals surface area contributed by atoms with Gasteiger partial charge in [-0.2, -0.15) is 0 Å². The highest BCUT2D eigenvalue weighted by Gasteiger charge is 2.21. The van der Waals surface area contributed by atoms with Gasteiger partial charge in [-0.25, -0.2) is 0 Å². The van der Waals surface area contributed by atoms with Gasteiger partial charge < -0.3 is 10.1 Å². The number of ether oxygens (including phenoxy) is 1. The van der Waals surface area contributed by atoms with Crippen LogP contribution in [-0.2, 0) is 4.74 Å². The van der Waals surface area contributed by atoms with E-state index in [2.05, 4.69) is 26.1 Å². The maximum Gasteiger partial charge on any atom is 0.0590 e. The Hall–Kier alpha value is -0.0800. The normalized spacial score (nSPS) is 22.6. The lowest BCUT2D eigenvalue weighted by Crippen LogP contribution is -2.36. The van der Waals surface area contributed by atoms with E-state index in [1.807, 2.05) is 0 Å². The van der Waals surface area contributed by atoms with E-state index in [1.165, 1.54) is 64.2 Å². The standard InChI is InChI=1S/C18H37NO/c1-4-7-10-16(6-3)14-17(19-12-5-2)15-18-11-8-9-13-20-18/h16-19H,4-15H2,1-3H3. The van der Waals surface area contributed by atoms with Crippen LogP contribution in [0, 0.1) is 5.92 Å². The molecule has 1 saturated heterocycles. The Morgan fingerprint density at radius 2 is 2.00 bits per heavy atom. The zero-order valence-electron chi connectivity index (χ0n) is 14.1. The van der Waals surface area contributed by atoms with Gasteiger partial charge in [0.05, 0.1) is 6.10 Å². The van der Waals surface area contributed by atoms with Crippen LogP contribution in [0.5, 0.6) is 0 Å². The van der Waals surface area contributed by atoms with Gasteiger partial charge in [-0.3, -0.25) is 0 Å². The molecular formula is C18H37NO. The molecule has 0 bridgehead atoms. The SMILES string of the molecule is CCCCC(CC)CC(CC1CCCCO1)NCCC. The lowest BCUT2D eigenvalue weighted by molar-refractivity contribution is 0.00358. The monoisotopic (exact) mass is 283 g/mol. The zero-order valence-corrected chi connectivity index (χ0v) is 14.1. The van der Waals surface area contributed by atoms with E-state index >= 15 is 0 Å². The summed E-state index contributed by atoms with van der Waals surface area (Å²) in [4.78, 5) is 0. The van der Waals surface area contributed by atoms with E-state index in [1.54, 1.807) is 0 Å². The molecule has 1 rings (SSSR count). The first kappa shape index (κ1) is 18.0. The topological polar surface area (TPSA) is 21.3 Å². The maximum atomic E-state index is 5.94. The Morgan fingerprint density at radius 1 is 1.15 bits per heavy atom. The number of nitrogens with one attached hydrogen (secondary N) is 1. The van der Waals surface area contributed by atoms with Crippen molar-refractivity contribution >= 4 is 0 Å². The summed E-state index contributed by atoms with van der Waals surface area (Å²) in [5.41, 5.74) is 0. The summed E-state index contributed by atoms with van der Waals surface area (Å²) in [6, 6.07) is 0.667. The molecule has 0 saturated carbocycles. The molecule has 0 radical (unpaired) electrons. The summed E-state index contributed by atoms with van der Waals surface area (Å²) in [5.74, 6) is 0.896. The fourth-order valence-electron chi connectivity index (χ4n) is 3.31. The molecule has 1 fully saturated rings. The molecule has 3 unspecified atom stereocenters. The van der Waals surface area contributed by atoms with Gasteiger partial charge in [0.2, 0.25) is 0 Å². The first-order chi connectivity index (χ1) is 9.80. The summed E-state index contributed by atoms with van der Waals surface area (Å²) in [6.45, 7) is 9.05. The summed E-state index contributed by atoms with van der Waals surface area (Å²) in [7, 11) is 0. The highest BCUT2D eigenvalue weighted by molar-refractivity contribution is 4.77. The average molecular weight is 284 g/mol. The van der Waals surface area contributed by atoms with Crippen molar-refractivity contribution in [2.24, 2.45) is 5.92 Å². The van der Waals surface area contributed by atoms with Crippen molar-refractivity contribution in [2.75, 3.05) is 13.2 Å². The second kappa shape index (κ2) is 11.6. The van der Waals surface area contributed by atoms with Crippen molar-refractivity contribution in [1.29, 1.82) is 0 Å². The van der Waals surface area contributed by atoms with E-state index in [4.69, 9.17) is 4.74 Å². The van der Waals surface area contributed by atoms with Gasteiger partial charge in [0.15, 0.2) is 0 Å². The molecule has 1 heterocycles. The third-order valence-corrected chi connectivity index (χ3v) is 4.67. The van der Waals surface area contributed by atoms with E-state index in [-0.39, 0.29) is 0 Å². The van der Waals surface area contributed by atoms with Gasteiger partial charge in [0.25, 0.3) is 0 Å². The van der Waals surface area contributed by atoms with Gasteiger partial charge in [-0.05, 0) is 51.0 Å². The molecule has 3 atom stereocenters. The Labute approximate surface area is 127 Å². The molecule has 0 aromatic carbocycles. The number of unbranched alkanes of at least 4 members (excludes halogenated alkanes) is 1.